The van der Waals surface area contributed by atoms with Gasteiger partial charge in [0.05, 0.1) is 31.7 Å². The Hall–Kier alpha value is -2.67. The van der Waals surface area contributed by atoms with Gasteiger partial charge in [-0.25, -0.2) is 9.97 Å². The third-order valence-corrected chi connectivity index (χ3v) is 4.28. The highest BCUT2D eigenvalue weighted by atomic mass is 79.9. The fourth-order valence-corrected chi connectivity index (χ4v) is 3.09. The standard InChI is InChI=1S/C19H18BrN3O3/c1-25-18-19(26-2)23-17-13(9-14(20)10-15(17)22-18)11-21-16(24)8-12-6-4-3-5-7-12/h3-7,9-10H,8,11H2,1-2H3,(H,21,24). The number of benzene rings is 2. The van der Waals surface area contributed by atoms with Crippen LogP contribution in [-0.2, 0) is 17.8 Å². The third-order valence-electron chi connectivity index (χ3n) is 3.82. The van der Waals surface area contributed by atoms with Crippen molar-refractivity contribution in [2.45, 2.75) is 13.0 Å². The van der Waals surface area contributed by atoms with E-state index < -0.39 is 0 Å². The Bertz CT molecular complexity index is 932. The Balaban J connectivity index is 1.83. The molecule has 0 aliphatic heterocycles. The summed E-state index contributed by atoms with van der Waals surface area (Å²) >= 11 is 3.47. The van der Waals surface area contributed by atoms with Crippen LogP contribution < -0.4 is 14.8 Å². The summed E-state index contributed by atoms with van der Waals surface area (Å²) in [6, 6.07) is 13.4. The van der Waals surface area contributed by atoms with Gasteiger partial charge in [-0.05, 0) is 17.7 Å². The normalized spacial score (nSPS) is 10.6. The van der Waals surface area contributed by atoms with Crippen molar-refractivity contribution in [3.8, 4) is 11.8 Å². The number of rotatable bonds is 6. The molecule has 1 amide bonds. The molecule has 0 saturated carbocycles. The minimum absolute atomic E-state index is 0.0576. The maximum atomic E-state index is 12.2. The number of nitrogens with one attached hydrogen (secondary N) is 1. The fourth-order valence-electron chi connectivity index (χ4n) is 2.60. The number of carbonyl (C=O) groups is 1. The van der Waals surface area contributed by atoms with E-state index in [1.54, 1.807) is 0 Å². The second-order valence-electron chi connectivity index (χ2n) is 5.61. The van der Waals surface area contributed by atoms with Crippen LogP contribution in [0.1, 0.15) is 11.1 Å². The van der Waals surface area contributed by atoms with E-state index >= 15 is 0 Å². The van der Waals surface area contributed by atoms with E-state index in [0.29, 0.717) is 35.8 Å². The van der Waals surface area contributed by atoms with Crippen LogP contribution in [0.4, 0.5) is 0 Å². The van der Waals surface area contributed by atoms with E-state index in [2.05, 4.69) is 31.2 Å². The quantitative estimate of drug-likeness (QED) is 0.668. The van der Waals surface area contributed by atoms with Crippen LogP contribution in [0, 0.1) is 0 Å². The largest absolute Gasteiger partial charge is 0.477 e. The van der Waals surface area contributed by atoms with Gasteiger partial charge in [0.15, 0.2) is 0 Å². The van der Waals surface area contributed by atoms with Crippen LogP contribution in [0.15, 0.2) is 46.9 Å². The molecule has 0 aliphatic rings. The molecule has 26 heavy (non-hydrogen) atoms. The number of hydrogen-bond donors (Lipinski definition) is 1. The first-order chi connectivity index (χ1) is 12.6. The van der Waals surface area contributed by atoms with Gasteiger partial charge in [-0.3, -0.25) is 4.79 Å². The summed E-state index contributed by atoms with van der Waals surface area (Å²) in [4.78, 5) is 21.1. The van der Waals surface area contributed by atoms with Crippen molar-refractivity contribution in [1.82, 2.24) is 15.3 Å². The second kappa shape index (κ2) is 8.14. The first-order valence-corrected chi connectivity index (χ1v) is 8.78. The van der Waals surface area contributed by atoms with Crippen LogP contribution in [0.25, 0.3) is 11.0 Å². The van der Waals surface area contributed by atoms with Crippen LogP contribution in [0.3, 0.4) is 0 Å². The molecule has 3 aromatic rings. The predicted molar refractivity (Wildman–Crippen MR) is 102 cm³/mol. The van der Waals surface area contributed by atoms with Gasteiger partial charge < -0.3 is 14.8 Å². The summed E-state index contributed by atoms with van der Waals surface area (Å²) in [6.45, 7) is 0.339. The van der Waals surface area contributed by atoms with E-state index in [0.717, 1.165) is 15.6 Å². The lowest BCUT2D eigenvalue weighted by Crippen LogP contribution is -2.24. The number of methoxy groups -OCH3 is 2. The zero-order valence-electron chi connectivity index (χ0n) is 14.5. The molecule has 1 aromatic heterocycles. The molecule has 0 unspecified atom stereocenters. The molecule has 6 nitrogen and oxygen atoms in total. The van der Waals surface area contributed by atoms with Crippen molar-refractivity contribution in [2.75, 3.05) is 14.2 Å². The van der Waals surface area contributed by atoms with Gasteiger partial charge in [-0.2, -0.15) is 0 Å². The minimum atomic E-state index is -0.0576. The molecule has 0 aliphatic carbocycles. The number of carbonyl (C=O) groups excluding carboxylic acids is 1. The molecular weight excluding hydrogens is 398 g/mol. The Morgan fingerprint density at radius 2 is 1.77 bits per heavy atom. The summed E-state index contributed by atoms with van der Waals surface area (Å²) in [5.74, 6) is 0.564. The lowest BCUT2D eigenvalue weighted by Gasteiger charge is -2.11. The van der Waals surface area contributed by atoms with E-state index in [1.807, 2.05) is 42.5 Å². The SMILES string of the molecule is COc1nc2cc(Br)cc(CNC(=O)Cc3ccccc3)c2nc1OC. The predicted octanol–water partition coefficient (Wildman–Crippen LogP) is 3.27. The molecule has 0 saturated heterocycles. The molecular formula is C19H18BrN3O3. The minimum Gasteiger partial charge on any atom is -0.477 e. The molecule has 3 rings (SSSR count). The number of amides is 1. The van der Waals surface area contributed by atoms with Crippen LogP contribution in [0.5, 0.6) is 11.8 Å². The lowest BCUT2D eigenvalue weighted by molar-refractivity contribution is -0.120. The molecule has 1 N–H and O–H groups in total. The van der Waals surface area contributed by atoms with Gasteiger partial charge in [0.25, 0.3) is 11.8 Å². The lowest BCUT2D eigenvalue weighted by atomic mass is 10.1. The number of aromatic nitrogens is 2. The Morgan fingerprint density at radius 3 is 2.46 bits per heavy atom. The van der Waals surface area contributed by atoms with Gasteiger partial charge in [0.1, 0.15) is 0 Å². The molecule has 2 aromatic carbocycles. The summed E-state index contributed by atoms with van der Waals surface area (Å²) < 4.78 is 11.3. The molecule has 1 heterocycles. The highest BCUT2D eigenvalue weighted by molar-refractivity contribution is 9.10. The number of hydrogen-bond acceptors (Lipinski definition) is 5. The van der Waals surface area contributed by atoms with Crippen LogP contribution >= 0.6 is 15.9 Å². The van der Waals surface area contributed by atoms with E-state index in [4.69, 9.17) is 9.47 Å². The zero-order valence-corrected chi connectivity index (χ0v) is 16.0. The highest BCUT2D eigenvalue weighted by Crippen LogP contribution is 2.29. The van der Waals surface area contributed by atoms with Gasteiger partial charge in [0, 0.05) is 16.6 Å². The monoisotopic (exact) mass is 415 g/mol. The van der Waals surface area contributed by atoms with Gasteiger partial charge >= 0.3 is 0 Å². The second-order valence-corrected chi connectivity index (χ2v) is 6.53. The summed E-state index contributed by atoms with van der Waals surface area (Å²) in [5.41, 5.74) is 3.12. The van der Waals surface area contributed by atoms with Gasteiger partial charge in [0.2, 0.25) is 5.91 Å². The molecule has 0 spiro atoms. The van der Waals surface area contributed by atoms with Crippen molar-refractivity contribution < 1.29 is 14.3 Å². The Morgan fingerprint density at radius 1 is 1.08 bits per heavy atom. The molecule has 134 valence electrons. The van der Waals surface area contributed by atoms with Crippen molar-refractivity contribution in [3.63, 3.8) is 0 Å². The number of fused-ring (bicyclic) bond motifs is 1. The summed E-state index contributed by atoms with van der Waals surface area (Å²) in [6.07, 6.45) is 0.329. The third kappa shape index (κ3) is 4.11. The number of halogens is 1. The van der Waals surface area contributed by atoms with Crippen LogP contribution in [-0.4, -0.2) is 30.1 Å². The molecule has 0 bridgehead atoms. The maximum absolute atomic E-state index is 12.2. The van der Waals surface area contributed by atoms with Crippen molar-refractivity contribution in [3.05, 3.63) is 58.1 Å². The average molecular weight is 416 g/mol. The van der Waals surface area contributed by atoms with E-state index in [9.17, 15) is 4.79 Å². The van der Waals surface area contributed by atoms with Gasteiger partial charge in [-0.15, -0.1) is 0 Å². The molecule has 0 atom stereocenters. The average Bonchev–Trinajstić information content (AvgIpc) is 2.65. The van der Waals surface area contributed by atoms with E-state index in [1.165, 1.54) is 14.2 Å². The first kappa shape index (κ1) is 18.1. The Labute approximate surface area is 159 Å². The van der Waals surface area contributed by atoms with Crippen molar-refractivity contribution in [1.29, 1.82) is 0 Å². The molecule has 0 fully saturated rings. The molecule has 7 heteroatoms. The summed E-state index contributed by atoms with van der Waals surface area (Å²) in [5, 5.41) is 2.93. The maximum Gasteiger partial charge on any atom is 0.278 e. The van der Waals surface area contributed by atoms with Crippen molar-refractivity contribution >= 4 is 32.9 Å². The highest BCUT2D eigenvalue weighted by Gasteiger charge is 2.14. The number of nitrogens with zero attached hydrogens (tertiary/aromatic N) is 2. The first-order valence-electron chi connectivity index (χ1n) is 7.99. The smallest absolute Gasteiger partial charge is 0.278 e. The zero-order chi connectivity index (χ0) is 18.5. The van der Waals surface area contributed by atoms with E-state index in [-0.39, 0.29) is 5.91 Å². The summed E-state index contributed by atoms with van der Waals surface area (Å²) in [7, 11) is 3.03. The van der Waals surface area contributed by atoms with Crippen LogP contribution in [0.2, 0.25) is 0 Å². The topological polar surface area (TPSA) is 73.3 Å². The van der Waals surface area contributed by atoms with Gasteiger partial charge in [-0.1, -0.05) is 46.3 Å². The molecule has 0 radical (unpaired) electrons. The Kier molecular flexibility index (Phi) is 5.68. The number of ether oxygens (including phenoxy) is 2. The van der Waals surface area contributed by atoms with Crippen molar-refractivity contribution in [2.24, 2.45) is 0 Å². The fraction of sp³-hybridized carbons (Fsp3) is 0.211.